The molecule has 0 aromatic heterocycles. The van der Waals surface area contributed by atoms with Gasteiger partial charge in [-0.05, 0) is 43.9 Å². The summed E-state index contributed by atoms with van der Waals surface area (Å²) in [4.78, 5) is 2.39. The van der Waals surface area contributed by atoms with E-state index in [0.29, 0.717) is 11.9 Å². The minimum absolute atomic E-state index is 0.412. The number of hydrogen-bond acceptors (Lipinski definition) is 3. The monoisotopic (exact) mass is 249 g/mol. The second kappa shape index (κ2) is 5.72. The number of nitrogens with zero attached hydrogens (tertiary/aromatic N) is 1. The van der Waals surface area contributed by atoms with Crippen LogP contribution in [-0.4, -0.2) is 36.3 Å². The lowest BCUT2D eigenvalue weighted by Gasteiger charge is -2.31. The third-order valence-corrected chi connectivity index (χ3v) is 3.96. The van der Waals surface area contributed by atoms with Crippen LogP contribution in [0.5, 0.6) is 5.75 Å². The Morgan fingerprint density at radius 2 is 1.83 bits per heavy atom. The van der Waals surface area contributed by atoms with Gasteiger partial charge in [-0.3, -0.25) is 4.90 Å². The Hall–Kier alpha value is -1.06. The second-order valence-corrected chi connectivity index (χ2v) is 5.28. The van der Waals surface area contributed by atoms with Crippen molar-refractivity contribution in [2.24, 2.45) is 0 Å². The summed E-state index contributed by atoms with van der Waals surface area (Å²) < 4.78 is 5.37. The summed E-state index contributed by atoms with van der Waals surface area (Å²) in [5.74, 6) is 0.423. The third-order valence-electron chi connectivity index (χ3n) is 3.96. The smallest absolute Gasteiger partial charge is 0.120 e. The van der Waals surface area contributed by atoms with E-state index in [9.17, 15) is 5.11 Å². The van der Waals surface area contributed by atoms with Crippen molar-refractivity contribution < 1.29 is 9.84 Å². The van der Waals surface area contributed by atoms with E-state index in [1.165, 1.54) is 5.56 Å². The van der Waals surface area contributed by atoms with Crippen LogP contribution in [0, 0.1) is 13.8 Å². The van der Waals surface area contributed by atoms with Crippen molar-refractivity contribution in [2.45, 2.75) is 39.3 Å². The lowest BCUT2D eigenvalue weighted by atomic mass is 10.0. The van der Waals surface area contributed by atoms with E-state index in [1.807, 2.05) is 13.0 Å². The van der Waals surface area contributed by atoms with Gasteiger partial charge in [0.1, 0.15) is 5.75 Å². The fourth-order valence-electron chi connectivity index (χ4n) is 2.53. The third kappa shape index (κ3) is 3.03. The lowest BCUT2D eigenvalue weighted by molar-refractivity contribution is 0.0387. The van der Waals surface area contributed by atoms with Crippen LogP contribution in [0.25, 0.3) is 0 Å². The van der Waals surface area contributed by atoms with Gasteiger partial charge in [0.05, 0.1) is 6.10 Å². The van der Waals surface area contributed by atoms with Crippen LogP contribution in [0.3, 0.4) is 0 Å². The summed E-state index contributed by atoms with van der Waals surface area (Å²) in [5.41, 5.74) is 3.43. The van der Waals surface area contributed by atoms with Crippen LogP contribution in [0.2, 0.25) is 0 Å². The molecule has 1 N–H and O–H groups in total. The fraction of sp³-hybridized carbons (Fsp3) is 0.600. The summed E-state index contributed by atoms with van der Waals surface area (Å²) >= 11 is 0. The van der Waals surface area contributed by atoms with Crippen LogP contribution < -0.4 is 0 Å². The van der Waals surface area contributed by atoms with Crippen molar-refractivity contribution in [3.8, 4) is 5.75 Å². The first-order valence-electron chi connectivity index (χ1n) is 6.64. The van der Waals surface area contributed by atoms with Crippen LogP contribution in [0.4, 0.5) is 0 Å². The van der Waals surface area contributed by atoms with E-state index in [0.717, 1.165) is 43.6 Å². The first kappa shape index (κ1) is 13.4. The highest BCUT2D eigenvalue weighted by Gasteiger charge is 2.19. The number of benzene rings is 1. The molecule has 0 aliphatic carbocycles. The molecular weight excluding hydrogens is 226 g/mol. The average molecular weight is 249 g/mol. The van der Waals surface area contributed by atoms with Gasteiger partial charge in [0.25, 0.3) is 0 Å². The highest BCUT2D eigenvalue weighted by atomic mass is 16.5. The molecule has 3 nitrogen and oxygen atoms in total. The van der Waals surface area contributed by atoms with Gasteiger partial charge in [0.2, 0.25) is 0 Å². The number of phenolic OH excluding ortho intramolecular Hbond substituents is 1. The maximum Gasteiger partial charge on any atom is 0.120 e. The number of aromatic hydroxyl groups is 1. The molecule has 0 radical (unpaired) electrons. The van der Waals surface area contributed by atoms with E-state index in [4.69, 9.17) is 4.74 Å². The second-order valence-electron chi connectivity index (χ2n) is 5.28. The highest BCUT2D eigenvalue weighted by molar-refractivity contribution is 5.40. The molecular formula is C15H23NO2. The maximum atomic E-state index is 9.99. The Labute approximate surface area is 109 Å². The van der Waals surface area contributed by atoms with Crippen LogP contribution in [0.1, 0.15) is 29.5 Å². The summed E-state index contributed by atoms with van der Waals surface area (Å²) in [6.45, 7) is 7.05. The van der Waals surface area contributed by atoms with Crippen molar-refractivity contribution >= 4 is 0 Å². The first-order valence-corrected chi connectivity index (χ1v) is 6.64. The molecule has 0 unspecified atom stereocenters. The van der Waals surface area contributed by atoms with Gasteiger partial charge in [0, 0.05) is 32.3 Å². The minimum atomic E-state index is 0.412. The first-order chi connectivity index (χ1) is 8.60. The molecule has 18 heavy (non-hydrogen) atoms. The van der Waals surface area contributed by atoms with Crippen LogP contribution in [-0.2, 0) is 11.3 Å². The topological polar surface area (TPSA) is 32.7 Å². The Balaban J connectivity index is 2.00. The SMILES string of the molecule is COC1CCN(Cc2cc(C)c(C)cc2O)CC1. The standard InChI is InChI=1S/C15H23NO2/c1-11-8-13(15(17)9-12(11)2)10-16-6-4-14(18-3)5-7-16/h8-9,14,17H,4-7,10H2,1-3H3. The zero-order valence-electron chi connectivity index (χ0n) is 11.6. The Bertz CT molecular complexity index is 409. The van der Waals surface area contributed by atoms with Gasteiger partial charge in [-0.2, -0.15) is 0 Å². The zero-order valence-corrected chi connectivity index (χ0v) is 11.6. The molecule has 0 spiro atoms. The van der Waals surface area contributed by atoms with Gasteiger partial charge < -0.3 is 9.84 Å². The predicted molar refractivity (Wildman–Crippen MR) is 72.9 cm³/mol. The molecule has 1 heterocycles. The Morgan fingerprint density at radius 3 is 2.44 bits per heavy atom. The quantitative estimate of drug-likeness (QED) is 0.894. The highest BCUT2D eigenvalue weighted by Crippen LogP contribution is 2.24. The minimum Gasteiger partial charge on any atom is -0.508 e. The van der Waals surface area contributed by atoms with Gasteiger partial charge >= 0.3 is 0 Å². The van der Waals surface area contributed by atoms with Crippen molar-refractivity contribution in [2.75, 3.05) is 20.2 Å². The van der Waals surface area contributed by atoms with Crippen molar-refractivity contribution in [1.29, 1.82) is 0 Å². The molecule has 3 heteroatoms. The number of phenols is 1. The van der Waals surface area contributed by atoms with Gasteiger partial charge in [0.15, 0.2) is 0 Å². The van der Waals surface area contributed by atoms with Crippen LogP contribution >= 0.6 is 0 Å². The molecule has 100 valence electrons. The number of likely N-dealkylation sites (tertiary alicyclic amines) is 1. The van der Waals surface area contributed by atoms with Crippen molar-refractivity contribution in [3.63, 3.8) is 0 Å². The molecule has 0 bridgehead atoms. The molecule has 0 amide bonds. The largest absolute Gasteiger partial charge is 0.508 e. The van der Waals surface area contributed by atoms with E-state index < -0.39 is 0 Å². The molecule has 2 rings (SSSR count). The molecule has 0 atom stereocenters. The average Bonchev–Trinajstić information content (AvgIpc) is 2.37. The fourth-order valence-corrected chi connectivity index (χ4v) is 2.53. The number of hydrogen-bond donors (Lipinski definition) is 1. The summed E-state index contributed by atoms with van der Waals surface area (Å²) in [6.07, 6.45) is 2.58. The van der Waals surface area contributed by atoms with Crippen LogP contribution in [0.15, 0.2) is 12.1 Å². The molecule has 1 aliphatic rings. The molecule has 1 aromatic carbocycles. The summed E-state index contributed by atoms with van der Waals surface area (Å²) in [6, 6.07) is 3.97. The molecule has 1 aromatic rings. The van der Waals surface area contributed by atoms with Gasteiger partial charge in [-0.25, -0.2) is 0 Å². The molecule has 1 fully saturated rings. The number of piperidine rings is 1. The maximum absolute atomic E-state index is 9.99. The molecule has 0 saturated carbocycles. The summed E-state index contributed by atoms with van der Waals surface area (Å²) in [5, 5.41) is 9.99. The number of methoxy groups -OCH3 is 1. The number of ether oxygens (including phenoxy) is 1. The van der Waals surface area contributed by atoms with Gasteiger partial charge in [-0.15, -0.1) is 0 Å². The summed E-state index contributed by atoms with van der Waals surface area (Å²) in [7, 11) is 1.79. The zero-order chi connectivity index (χ0) is 13.1. The molecule has 1 saturated heterocycles. The Morgan fingerprint density at radius 1 is 1.22 bits per heavy atom. The van der Waals surface area contributed by atoms with Crippen molar-refractivity contribution in [3.05, 3.63) is 28.8 Å². The number of aryl methyl sites for hydroxylation is 2. The van der Waals surface area contributed by atoms with E-state index in [2.05, 4.69) is 17.9 Å². The molecule has 1 aliphatic heterocycles. The lowest BCUT2D eigenvalue weighted by Crippen LogP contribution is -2.36. The van der Waals surface area contributed by atoms with E-state index in [1.54, 1.807) is 7.11 Å². The van der Waals surface area contributed by atoms with Crippen molar-refractivity contribution in [1.82, 2.24) is 4.90 Å². The normalized spacial score (nSPS) is 18.2. The predicted octanol–water partition coefficient (Wildman–Crippen LogP) is 2.62. The van der Waals surface area contributed by atoms with E-state index in [-0.39, 0.29) is 0 Å². The van der Waals surface area contributed by atoms with E-state index >= 15 is 0 Å². The number of rotatable bonds is 3. The Kier molecular flexibility index (Phi) is 4.25. The van der Waals surface area contributed by atoms with Gasteiger partial charge in [-0.1, -0.05) is 6.07 Å².